The Bertz CT molecular complexity index is 600. The summed E-state index contributed by atoms with van der Waals surface area (Å²) in [6.07, 6.45) is -3.46. The van der Waals surface area contributed by atoms with Crippen LogP contribution in [0.3, 0.4) is 0 Å². The molecule has 0 N–H and O–H groups in total. The molecule has 0 saturated heterocycles. The van der Waals surface area contributed by atoms with Crippen molar-refractivity contribution in [1.82, 2.24) is 19.3 Å². The Hall–Kier alpha value is -1.24. The molecule has 112 valence electrons. The van der Waals surface area contributed by atoms with Gasteiger partial charge in [0, 0.05) is 13.6 Å². The molecule has 2 aromatic rings. The van der Waals surface area contributed by atoms with E-state index >= 15 is 0 Å². The van der Waals surface area contributed by atoms with E-state index < -0.39 is 12.6 Å². The molecule has 2 aromatic heterocycles. The molecule has 0 unspecified atom stereocenters. The van der Waals surface area contributed by atoms with E-state index in [0.29, 0.717) is 17.0 Å². The van der Waals surface area contributed by atoms with E-state index in [1.807, 2.05) is 6.92 Å². The molecule has 20 heavy (non-hydrogen) atoms. The molecule has 0 aliphatic heterocycles. The Kier molecular flexibility index (Phi) is 4.27. The maximum absolute atomic E-state index is 12.4. The molecule has 0 atom stereocenters. The number of alkyl halides is 4. The van der Waals surface area contributed by atoms with Gasteiger partial charge in [0.1, 0.15) is 11.3 Å². The van der Waals surface area contributed by atoms with E-state index in [4.69, 9.17) is 11.6 Å². The molecule has 4 nitrogen and oxygen atoms in total. The highest BCUT2D eigenvalue weighted by Crippen LogP contribution is 2.25. The maximum atomic E-state index is 12.4. The first-order valence-electron chi connectivity index (χ1n) is 6.41. The average Bonchev–Trinajstić information content (AvgIpc) is 2.85. The van der Waals surface area contributed by atoms with Crippen molar-refractivity contribution in [1.29, 1.82) is 0 Å². The summed E-state index contributed by atoms with van der Waals surface area (Å²) in [6.45, 7) is 1.83. The number of imidazole rings is 1. The third kappa shape index (κ3) is 2.92. The lowest BCUT2D eigenvalue weighted by Gasteiger charge is -2.10. The molecule has 0 spiro atoms. The Labute approximate surface area is 119 Å². The Balaban J connectivity index is 2.46. The van der Waals surface area contributed by atoms with Crippen LogP contribution in [0.2, 0.25) is 0 Å². The molecule has 2 heterocycles. The van der Waals surface area contributed by atoms with Crippen LogP contribution >= 0.6 is 11.6 Å². The fraction of sp³-hybridized carbons (Fsp3) is 0.667. The summed E-state index contributed by atoms with van der Waals surface area (Å²) in [5.74, 6) is 0.536. The second kappa shape index (κ2) is 5.63. The topological polar surface area (TPSA) is 35.6 Å². The molecule has 2 rings (SSSR count). The molecule has 0 aliphatic rings. The summed E-state index contributed by atoms with van der Waals surface area (Å²) >= 11 is 5.80. The lowest BCUT2D eigenvalue weighted by Crippen LogP contribution is -2.14. The smallest absolute Gasteiger partial charge is 0.312 e. The largest absolute Gasteiger partial charge is 0.390 e. The van der Waals surface area contributed by atoms with Crippen LogP contribution in [0.5, 0.6) is 0 Å². The zero-order valence-corrected chi connectivity index (χ0v) is 12.1. The van der Waals surface area contributed by atoms with Gasteiger partial charge in [-0.25, -0.2) is 4.98 Å². The normalized spacial score (nSPS) is 12.5. The minimum absolute atomic E-state index is 0.0815. The minimum atomic E-state index is -4.20. The summed E-state index contributed by atoms with van der Waals surface area (Å²) in [6, 6.07) is 0. The third-order valence-corrected chi connectivity index (χ3v) is 3.33. The highest BCUT2D eigenvalue weighted by molar-refractivity contribution is 6.16. The number of rotatable bonds is 5. The number of hydrogen-bond donors (Lipinski definition) is 0. The van der Waals surface area contributed by atoms with Crippen molar-refractivity contribution in [3.63, 3.8) is 0 Å². The highest BCUT2D eigenvalue weighted by Gasteiger charge is 2.28. The van der Waals surface area contributed by atoms with Gasteiger partial charge in [-0.05, 0) is 6.42 Å². The fourth-order valence-electron chi connectivity index (χ4n) is 2.27. The second-order valence-electron chi connectivity index (χ2n) is 4.67. The number of hydrogen-bond acceptors (Lipinski definition) is 2. The first kappa shape index (κ1) is 15.2. The van der Waals surface area contributed by atoms with Gasteiger partial charge >= 0.3 is 6.18 Å². The SMILES string of the molecule is CCCc1nn(C)c2c1nc(CCl)n2CCC(F)(F)F. The predicted molar refractivity (Wildman–Crippen MR) is 70.7 cm³/mol. The van der Waals surface area contributed by atoms with Gasteiger partial charge in [-0.2, -0.15) is 18.3 Å². The molecule has 0 aliphatic carbocycles. The van der Waals surface area contributed by atoms with Gasteiger partial charge in [0.2, 0.25) is 0 Å². The summed E-state index contributed by atoms with van der Waals surface area (Å²) in [4.78, 5) is 4.35. The zero-order valence-electron chi connectivity index (χ0n) is 11.3. The molecule has 0 fully saturated rings. The molecular weight excluding hydrogens is 293 g/mol. The molecule has 0 radical (unpaired) electrons. The van der Waals surface area contributed by atoms with E-state index in [2.05, 4.69) is 10.1 Å². The van der Waals surface area contributed by atoms with Crippen LogP contribution < -0.4 is 0 Å². The highest BCUT2D eigenvalue weighted by atomic mass is 35.5. The third-order valence-electron chi connectivity index (χ3n) is 3.10. The molecule has 0 bridgehead atoms. The monoisotopic (exact) mass is 308 g/mol. The van der Waals surface area contributed by atoms with Gasteiger partial charge in [-0.15, -0.1) is 11.6 Å². The van der Waals surface area contributed by atoms with Crippen molar-refractivity contribution < 1.29 is 13.2 Å². The Morgan fingerprint density at radius 1 is 1.30 bits per heavy atom. The quantitative estimate of drug-likeness (QED) is 0.794. The van der Waals surface area contributed by atoms with Crippen molar-refractivity contribution in [2.75, 3.05) is 0 Å². The summed E-state index contributed by atoms with van der Waals surface area (Å²) in [5.41, 5.74) is 2.07. The van der Waals surface area contributed by atoms with Crippen LogP contribution in [0.15, 0.2) is 0 Å². The van der Waals surface area contributed by atoms with Crippen molar-refractivity contribution in [2.24, 2.45) is 7.05 Å². The maximum Gasteiger partial charge on any atom is 0.390 e. The molecule has 8 heteroatoms. The second-order valence-corrected chi connectivity index (χ2v) is 4.94. The van der Waals surface area contributed by atoms with Crippen molar-refractivity contribution in [2.45, 2.75) is 44.8 Å². The summed E-state index contributed by atoms with van der Waals surface area (Å²) in [5, 5.41) is 4.33. The first-order valence-corrected chi connectivity index (χ1v) is 6.94. The van der Waals surface area contributed by atoms with E-state index in [1.54, 1.807) is 11.7 Å². The van der Waals surface area contributed by atoms with E-state index in [9.17, 15) is 13.2 Å². The Morgan fingerprint density at radius 3 is 2.55 bits per heavy atom. The van der Waals surface area contributed by atoms with E-state index in [1.165, 1.54) is 4.57 Å². The first-order chi connectivity index (χ1) is 9.37. The Morgan fingerprint density at radius 2 is 2.00 bits per heavy atom. The summed E-state index contributed by atoms with van der Waals surface area (Å²) in [7, 11) is 1.71. The van der Waals surface area contributed by atoms with Gasteiger partial charge in [-0.3, -0.25) is 4.68 Å². The van der Waals surface area contributed by atoms with Crippen LogP contribution in [0.4, 0.5) is 13.2 Å². The number of fused-ring (bicyclic) bond motifs is 1. The van der Waals surface area contributed by atoms with Gasteiger partial charge in [0.05, 0.1) is 18.0 Å². The van der Waals surface area contributed by atoms with Crippen molar-refractivity contribution >= 4 is 22.8 Å². The van der Waals surface area contributed by atoms with Crippen LogP contribution in [0.25, 0.3) is 11.2 Å². The van der Waals surface area contributed by atoms with Gasteiger partial charge < -0.3 is 4.57 Å². The van der Waals surface area contributed by atoms with Crippen LogP contribution in [-0.4, -0.2) is 25.5 Å². The van der Waals surface area contributed by atoms with E-state index in [-0.39, 0.29) is 12.4 Å². The lowest BCUT2D eigenvalue weighted by molar-refractivity contribution is -0.136. The average molecular weight is 309 g/mol. The minimum Gasteiger partial charge on any atom is -0.312 e. The zero-order chi connectivity index (χ0) is 14.9. The number of halogens is 4. The lowest BCUT2D eigenvalue weighted by atomic mass is 10.2. The number of aromatic nitrogens is 4. The van der Waals surface area contributed by atoms with Crippen LogP contribution in [-0.2, 0) is 25.9 Å². The standard InChI is InChI=1S/C12H16ClF3N4/c1-3-4-8-10-11(19(2)18-8)20(9(7-13)17-10)6-5-12(14,15)16/h3-7H2,1-2H3. The predicted octanol–water partition coefficient (Wildman–Crippen LogP) is 3.41. The molecular formula is C12H16ClF3N4. The molecule has 0 saturated carbocycles. The van der Waals surface area contributed by atoms with Crippen LogP contribution in [0, 0.1) is 0 Å². The van der Waals surface area contributed by atoms with Crippen molar-refractivity contribution in [3.8, 4) is 0 Å². The number of aryl methyl sites for hydroxylation is 3. The number of nitrogens with zero attached hydrogens (tertiary/aromatic N) is 4. The van der Waals surface area contributed by atoms with Gasteiger partial charge in [0.25, 0.3) is 0 Å². The summed E-state index contributed by atoms with van der Waals surface area (Å²) < 4.78 is 40.4. The van der Waals surface area contributed by atoms with Gasteiger partial charge in [-0.1, -0.05) is 13.3 Å². The fourth-order valence-corrected chi connectivity index (χ4v) is 2.47. The molecule has 0 amide bonds. The van der Waals surface area contributed by atoms with E-state index in [0.717, 1.165) is 18.5 Å². The van der Waals surface area contributed by atoms with Crippen LogP contribution in [0.1, 0.15) is 31.3 Å². The molecule has 0 aromatic carbocycles. The van der Waals surface area contributed by atoms with Gasteiger partial charge in [0.15, 0.2) is 5.65 Å². The van der Waals surface area contributed by atoms with Crippen molar-refractivity contribution in [3.05, 3.63) is 11.5 Å².